The average molecular weight is 431 g/mol. The molecular weight excluding hydrogens is 413 g/mol. The van der Waals surface area contributed by atoms with Crippen molar-refractivity contribution in [3.63, 3.8) is 0 Å². The molecule has 0 radical (unpaired) electrons. The Bertz CT molecular complexity index is 787. The lowest BCUT2D eigenvalue weighted by Gasteiger charge is -2.23. The number of nitriles is 2. The van der Waals surface area contributed by atoms with Gasteiger partial charge in [-0.1, -0.05) is 30.3 Å². The molecule has 0 aliphatic carbocycles. The van der Waals surface area contributed by atoms with Crippen LogP contribution in [0.1, 0.15) is 12.5 Å². The van der Waals surface area contributed by atoms with E-state index in [2.05, 4.69) is 0 Å². The van der Waals surface area contributed by atoms with Gasteiger partial charge in [0, 0.05) is 19.7 Å². The third-order valence-electron chi connectivity index (χ3n) is 3.27. The van der Waals surface area contributed by atoms with E-state index in [1.54, 1.807) is 19.1 Å². The summed E-state index contributed by atoms with van der Waals surface area (Å²) >= 11 is 0. The largest absolute Gasteiger partial charge is 0.460 e. The van der Waals surface area contributed by atoms with Crippen LogP contribution >= 0.6 is 24.0 Å². The summed E-state index contributed by atoms with van der Waals surface area (Å²) in [4.78, 5) is 1.94. The number of hydrogen-bond donors (Lipinski definition) is 0. The van der Waals surface area contributed by atoms with Gasteiger partial charge in [0.1, 0.15) is 23.5 Å². The molecule has 0 fully saturated rings. The highest BCUT2D eigenvalue weighted by molar-refractivity contribution is 14.0. The molecule has 0 atom stereocenters. The van der Waals surface area contributed by atoms with Gasteiger partial charge in [-0.15, -0.1) is 24.0 Å². The lowest BCUT2D eigenvalue weighted by Crippen LogP contribution is -2.16. The van der Waals surface area contributed by atoms with Gasteiger partial charge in [-0.05, 0) is 30.7 Å². The molecule has 0 spiro atoms. The summed E-state index contributed by atoms with van der Waals surface area (Å²) in [6, 6.07) is 13.7. The molecule has 0 bridgehead atoms. The number of hydrogen-bond acceptors (Lipinski definition) is 4. The van der Waals surface area contributed by atoms with Gasteiger partial charge in [0.25, 0.3) is 0 Å². The number of nitrogens with zero attached hydrogens (tertiary/aromatic N) is 3. The lowest BCUT2D eigenvalue weighted by atomic mass is 10.0. The molecule has 122 valence electrons. The molecular formula is C19H18IN3O. The van der Waals surface area contributed by atoms with Crippen molar-refractivity contribution in [2.24, 2.45) is 0 Å². The molecule has 1 heterocycles. The van der Waals surface area contributed by atoms with E-state index >= 15 is 0 Å². The van der Waals surface area contributed by atoms with E-state index < -0.39 is 0 Å². The van der Waals surface area contributed by atoms with E-state index in [1.807, 2.05) is 67.5 Å². The number of halogens is 1. The highest BCUT2D eigenvalue weighted by atomic mass is 127. The number of likely N-dealkylation sites (N-methyl/N-ethyl adjacent to an activating group) is 1. The Balaban J connectivity index is 0.00000288. The first-order chi connectivity index (χ1) is 11.0. The maximum absolute atomic E-state index is 9.08. The molecule has 1 aromatic carbocycles. The van der Waals surface area contributed by atoms with E-state index in [0.717, 1.165) is 11.3 Å². The Kier molecular flexibility index (Phi) is 7.29. The summed E-state index contributed by atoms with van der Waals surface area (Å²) in [5.74, 6) is 1.25. The molecule has 1 aliphatic heterocycles. The molecule has 0 saturated carbocycles. The van der Waals surface area contributed by atoms with Crippen molar-refractivity contribution >= 4 is 30.1 Å². The second kappa shape index (κ2) is 8.95. The van der Waals surface area contributed by atoms with Crippen LogP contribution in [0.4, 0.5) is 0 Å². The predicted molar refractivity (Wildman–Crippen MR) is 105 cm³/mol. The highest BCUT2D eigenvalue weighted by Gasteiger charge is 2.17. The second-order valence-corrected chi connectivity index (χ2v) is 5.25. The van der Waals surface area contributed by atoms with Crippen molar-refractivity contribution in [1.29, 1.82) is 10.5 Å². The molecule has 5 heteroatoms. The Morgan fingerprint density at radius 3 is 2.25 bits per heavy atom. The van der Waals surface area contributed by atoms with E-state index in [0.29, 0.717) is 17.1 Å². The SMILES string of the molecule is CC1=CC(=C(C#N)C#N)C=C(C(=Cc2ccccc2)N(C)C)O1.I. The van der Waals surface area contributed by atoms with Gasteiger partial charge in [0.15, 0.2) is 5.76 Å². The molecule has 1 aliphatic rings. The van der Waals surface area contributed by atoms with Crippen molar-refractivity contribution in [1.82, 2.24) is 4.90 Å². The van der Waals surface area contributed by atoms with Gasteiger partial charge >= 0.3 is 0 Å². The third kappa shape index (κ3) is 4.74. The average Bonchev–Trinajstić information content (AvgIpc) is 2.54. The summed E-state index contributed by atoms with van der Waals surface area (Å²) in [5, 5.41) is 18.2. The van der Waals surface area contributed by atoms with Gasteiger partial charge in [-0.2, -0.15) is 10.5 Å². The molecule has 0 saturated heterocycles. The van der Waals surface area contributed by atoms with Crippen LogP contribution in [0.5, 0.6) is 0 Å². The van der Waals surface area contributed by atoms with Crippen LogP contribution < -0.4 is 0 Å². The van der Waals surface area contributed by atoms with Crippen LogP contribution in [0, 0.1) is 22.7 Å². The van der Waals surface area contributed by atoms with Crippen molar-refractivity contribution in [3.8, 4) is 12.1 Å². The zero-order chi connectivity index (χ0) is 16.8. The van der Waals surface area contributed by atoms with E-state index in [1.165, 1.54) is 0 Å². The Labute approximate surface area is 159 Å². The molecule has 0 amide bonds. The molecule has 24 heavy (non-hydrogen) atoms. The van der Waals surface area contributed by atoms with Crippen molar-refractivity contribution < 1.29 is 4.74 Å². The topological polar surface area (TPSA) is 60.0 Å². The zero-order valence-electron chi connectivity index (χ0n) is 13.8. The van der Waals surface area contributed by atoms with Crippen molar-refractivity contribution in [3.05, 3.63) is 76.4 Å². The van der Waals surface area contributed by atoms with E-state index in [4.69, 9.17) is 15.3 Å². The Morgan fingerprint density at radius 1 is 1.08 bits per heavy atom. The van der Waals surface area contributed by atoms with Gasteiger partial charge in [0.2, 0.25) is 0 Å². The van der Waals surface area contributed by atoms with Crippen LogP contribution in [-0.2, 0) is 4.74 Å². The molecule has 4 nitrogen and oxygen atoms in total. The first kappa shape index (κ1) is 19.5. The Morgan fingerprint density at radius 2 is 1.71 bits per heavy atom. The molecule has 0 unspecified atom stereocenters. The minimum Gasteiger partial charge on any atom is -0.460 e. The van der Waals surface area contributed by atoms with Gasteiger partial charge < -0.3 is 9.64 Å². The van der Waals surface area contributed by atoms with E-state index in [-0.39, 0.29) is 29.5 Å². The Hall–Kier alpha value is -2.51. The minimum atomic E-state index is 0. The highest BCUT2D eigenvalue weighted by Crippen LogP contribution is 2.28. The van der Waals surface area contributed by atoms with Gasteiger partial charge in [-0.3, -0.25) is 0 Å². The van der Waals surface area contributed by atoms with E-state index in [9.17, 15) is 0 Å². The molecule has 0 aromatic heterocycles. The number of ether oxygens (including phenoxy) is 1. The third-order valence-corrected chi connectivity index (χ3v) is 3.27. The fourth-order valence-corrected chi connectivity index (χ4v) is 2.19. The summed E-state index contributed by atoms with van der Waals surface area (Å²) in [5.41, 5.74) is 2.54. The van der Waals surface area contributed by atoms with Gasteiger partial charge in [-0.25, -0.2) is 0 Å². The standard InChI is InChI=1S/C19H17N3O.HI/c1-14-9-16(17(12-20)13-21)11-19(23-14)18(22(2)3)10-15-7-5-4-6-8-15;/h4-11H,1-3H3;1H. The fraction of sp³-hybridized carbons (Fsp3) is 0.158. The van der Waals surface area contributed by atoms with Gasteiger partial charge in [0.05, 0.1) is 5.70 Å². The number of benzene rings is 1. The quantitative estimate of drug-likeness (QED) is 0.527. The summed E-state index contributed by atoms with van der Waals surface area (Å²) in [6.45, 7) is 1.80. The van der Waals surface area contributed by atoms with Crippen molar-refractivity contribution in [2.75, 3.05) is 14.1 Å². The first-order valence-corrected chi connectivity index (χ1v) is 7.12. The second-order valence-electron chi connectivity index (χ2n) is 5.25. The normalized spacial score (nSPS) is 13.4. The lowest BCUT2D eigenvalue weighted by molar-refractivity contribution is 0.290. The maximum atomic E-state index is 9.08. The zero-order valence-corrected chi connectivity index (χ0v) is 16.1. The maximum Gasteiger partial charge on any atom is 0.150 e. The van der Waals surface area contributed by atoms with Crippen LogP contribution in [0.25, 0.3) is 6.08 Å². The summed E-state index contributed by atoms with van der Waals surface area (Å²) < 4.78 is 5.81. The van der Waals surface area contributed by atoms with Crippen molar-refractivity contribution in [2.45, 2.75) is 6.92 Å². The fourth-order valence-electron chi connectivity index (χ4n) is 2.19. The monoisotopic (exact) mass is 431 g/mol. The smallest absolute Gasteiger partial charge is 0.150 e. The minimum absolute atomic E-state index is 0. The molecule has 1 aromatic rings. The first-order valence-electron chi connectivity index (χ1n) is 7.12. The predicted octanol–water partition coefficient (Wildman–Crippen LogP) is 4.37. The van der Waals surface area contributed by atoms with Crippen LogP contribution in [0.15, 0.2) is 70.8 Å². The molecule has 0 N–H and O–H groups in total. The van der Waals surface area contributed by atoms with Crippen LogP contribution in [0.2, 0.25) is 0 Å². The summed E-state index contributed by atoms with van der Waals surface area (Å²) in [6.07, 6.45) is 5.42. The molecule has 2 rings (SSSR count). The number of rotatable bonds is 3. The van der Waals surface area contributed by atoms with Crippen LogP contribution in [-0.4, -0.2) is 19.0 Å². The number of allylic oxidation sites excluding steroid dienone is 5. The summed E-state index contributed by atoms with van der Waals surface area (Å²) in [7, 11) is 3.84. The van der Waals surface area contributed by atoms with Crippen LogP contribution in [0.3, 0.4) is 0 Å².